The molecule has 19 heavy (non-hydrogen) atoms. The molecular formula is C14H20BrClN2O. The van der Waals surface area contributed by atoms with Crippen LogP contribution >= 0.6 is 28.3 Å². The van der Waals surface area contributed by atoms with Crippen molar-refractivity contribution in [2.75, 3.05) is 7.05 Å². The standard InChI is InChI=1S/C14H19BrN2O.ClH/c1-17(9-10-3-2-4-12(15)7-10)14(18)11-5-6-13(16)8-11;/h2-4,7,11,13H,5-6,8-9,16H2,1H3;1H. The van der Waals surface area contributed by atoms with Crippen LogP contribution in [-0.4, -0.2) is 23.9 Å². The van der Waals surface area contributed by atoms with Gasteiger partial charge < -0.3 is 10.6 Å². The van der Waals surface area contributed by atoms with Crippen LogP contribution in [0.25, 0.3) is 0 Å². The summed E-state index contributed by atoms with van der Waals surface area (Å²) in [7, 11) is 1.87. The largest absolute Gasteiger partial charge is 0.341 e. The molecule has 0 aliphatic heterocycles. The smallest absolute Gasteiger partial charge is 0.225 e. The SMILES string of the molecule is CN(Cc1cccc(Br)c1)C(=O)C1CCC(N)C1.Cl. The number of benzene rings is 1. The van der Waals surface area contributed by atoms with Crippen molar-refractivity contribution < 1.29 is 4.79 Å². The molecule has 3 nitrogen and oxygen atoms in total. The van der Waals surface area contributed by atoms with E-state index in [1.165, 1.54) is 0 Å². The fourth-order valence-electron chi connectivity index (χ4n) is 2.54. The number of nitrogens with zero attached hydrogens (tertiary/aromatic N) is 1. The van der Waals surface area contributed by atoms with Gasteiger partial charge in [-0.2, -0.15) is 0 Å². The van der Waals surface area contributed by atoms with E-state index in [9.17, 15) is 4.79 Å². The molecule has 1 saturated carbocycles. The number of carbonyl (C=O) groups excluding carboxylic acids is 1. The first kappa shape index (κ1) is 16.5. The van der Waals surface area contributed by atoms with Crippen molar-refractivity contribution in [3.8, 4) is 0 Å². The molecule has 2 N–H and O–H groups in total. The van der Waals surface area contributed by atoms with Crippen LogP contribution in [0.2, 0.25) is 0 Å². The number of hydrogen-bond donors (Lipinski definition) is 1. The van der Waals surface area contributed by atoms with Gasteiger partial charge in [0, 0.05) is 30.0 Å². The average molecular weight is 348 g/mol. The quantitative estimate of drug-likeness (QED) is 0.914. The molecule has 1 aromatic carbocycles. The predicted octanol–water partition coefficient (Wildman–Crippen LogP) is 2.96. The van der Waals surface area contributed by atoms with E-state index < -0.39 is 0 Å². The Kier molecular flexibility index (Phi) is 6.30. The van der Waals surface area contributed by atoms with Crippen molar-refractivity contribution in [3.05, 3.63) is 34.3 Å². The molecule has 1 aromatic rings. The minimum absolute atomic E-state index is 0. The Morgan fingerprint density at radius 2 is 2.21 bits per heavy atom. The maximum atomic E-state index is 12.2. The van der Waals surface area contributed by atoms with Crippen LogP contribution in [0.3, 0.4) is 0 Å². The number of rotatable bonds is 3. The molecule has 0 spiro atoms. The second-order valence-corrected chi connectivity index (χ2v) is 6.01. The third-order valence-corrected chi connectivity index (χ3v) is 4.00. The van der Waals surface area contributed by atoms with Crippen molar-refractivity contribution in [3.63, 3.8) is 0 Å². The maximum absolute atomic E-state index is 12.2. The van der Waals surface area contributed by atoms with Crippen LogP contribution < -0.4 is 5.73 Å². The highest BCUT2D eigenvalue weighted by Gasteiger charge is 2.29. The van der Waals surface area contributed by atoms with Crippen LogP contribution in [0.1, 0.15) is 24.8 Å². The first-order chi connectivity index (χ1) is 8.56. The lowest BCUT2D eigenvalue weighted by Gasteiger charge is -2.21. The minimum Gasteiger partial charge on any atom is -0.341 e. The topological polar surface area (TPSA) is 46.3 Å². The van der Waals surface area contributed by atoms with Crippen molar-refractivity contribution >= 4 is 34.2 Å². The molecule has 1 amide bonds. The van der Waals surface area contributed by atoms with Crippen molar-refractivity contribution in [1.82, 2.24) is 4.90 Å². The molecule has 1 aliphatic carbocycles. The van der Waals surface area contributed by atoms with Gasteiger partial charge in [0.25, 0.3) is 0 Å². The lowest BCUT2D eigenvalue weighted by molar-refractivity contribution is -0.134. The molecule has 2 unspecified atom stereocenters. The summed E-state index contributed by atoms with van der Waals surface area (Å²) in [5, 5.41) is 0. The Balaban J connectivity index is 0.00000180. The summed E-state index contributed by atoms with van der Waals surface area (Å²) in [4.78, 5) is 14.0. The number of hydrogen-bond acceptors (Lipinski definition) is 2. The first-order valence-corrected chi connectivity index (χ1v) is 7.10. The van der Waals surface area contributed by atoms with Crippen molar-refractivity contribution in [2.45, 2.75) is 31.8 Å². The minimum atomic E-state index is 0. The lowest BCUT2D eigenvalue weighted by atomic mass is 10.1. The maximum Gasteiger partial charge on any atom is 0.225 e. The summed E-state index contributed by atoms with van der Waals surface area (Å²) < 4.78 is 1.05. The van der Waals surface area contributed by atoms with Gasteiger partial charge in [-0.15, -0.1) is 12.4 Å². The van der Waals surface area contributed by atoms with Crippen LogP contribution in [0.15, 0.2) is 28.7 Å². The number of carbonyl (C=O) groups is 1. The summed E-state index contributed by atoms with van der Waals surface area (Å²) >= 11 is 3.44. The third-order valence-electron chi connectivity index (χ3n) is 3.51. The zero-order valence-electron chi connectivity index (χ0n) is 11.0. The molecular weight excluding hydrogens is 328 g/mol. The van der Waals surface area contributed by atoms with Crippen LogP contribution in [0.5, 0.6) is 0 Å². The molecule has 0 bridgehead atoms. The fraction of sp³-hybridized carbons (Fsp3) is 0.500. The molecule has 2 atom stereocenters. The van der Waals surface area contributed by atoms with E-state index in [1.54, 1.807) is 0 Å². The van der Waals surface area contributed by atoms with Gasteiger partial charge in [-0.1, -0.05) is 28.1 Å². The first-order valence-electron chi connectivity index (χ1n) is 6.31. The Morgan fingerprint density at radius 3 is 2.79 bits per heavy atom. The van der Waals surface area contributed by atoms with Gasteiger partial charge >= 0.3 is 0 Å². The van der Waals surface area contributed by atoms with Crippen LogP contribution in [0.4, 0.5) is 0 Å². The summed E-state index contributed by atoms with van der Waals surface area (Å²) in [6.45, 7) is 0.657. The van der Waals surface area contributed by atoms with Crippen molar-refractivity contribution in [1.29, 1.82) is 0 Å². The zero-order valence-corrected chi connectivity index (χ0v) is 13.4. The predicted molar refractivity (Wildman–Crippen MR) is 83.2 cm³/mol. The summed E-state index contributed by atoms with van der Waals surface area (Å²) in [5.74, 6) is 0.347. The van der Waals surface area contributed by atoms with E-state index in [0.29, 0.717) is 6.54 Å². The lowest BCUT2D eigenvalue weighted by Crippen LogP contribution is -2.32. The van der Waals surface area contributed by atoms with Crippen LogP contribution in [-0.2, 0) is 11.3 Å². The molecule has 1 fully saturated rings. The van der Waals surface area contributed by atoms with Crippen molar-refractivity contribution in [2.24, 2.45) is 11.7 Å². The average Bonchev–Trinajstić information content (AvgIpc) is 2.75. The van der Waals surface area contributed by atoms with Gasteiger partial charge in [-0.3, -0.25) is 4.79 Å². The molecule has 2 rings (SSSR count). The third kappa shape index (κ3) is 4.48. The van der Waals surface area contributed by atoms with Crippen LogP contribution in [0, 0.1) is 5.92 Å². The Hall–Kier alpha value is -0.580. The second kappa shape index (κ2) is 7.27. The monoisotopic (exact) mass is 346 g/mol. The molecule has 106 valence electrons. The number of halogens is 2. The molecule has 0 radical (unpaired) electrons. The van der Waals surface area contributed by atoms with E-state index in [4.69, 9.17) is 5.73 Å². The van der Waals surface area contributed by atoms with E-state index in [2.05, 4.69) is 15.9 Å². The Bertz CT molecular complexity index is 441. The van der Waals surface area contributed by atoms with Gasteiger partial charge in [-0.05, 0) is 37.0 Å². The van der Waals surface area contributed by atoms with E-state index >= 15 is 0 Å². The highest BCUT2D eigenvalue weighted by atomic mass is 79.9. The zero-order chi connectivity index (χ0) is 13.1. The number of nitrogens with two attached hydrogens (primary N) is 1. The highest BCUT2D eigenvalue weighted by Crippen LogP contribution is 2.26. The Labute approximate surface area is 129 Å². The van der Waals surface area contributed by atoms with E-state index in [0.717, 1.165) is 29.3 Å². The van der Waals surface area contributed by atoms with Gasteiger partial charge in [-0.25, -0.2) is 0 Å². The molecule has 1 aliphatic rings. The van der Waals surface area contributed by atoms with E-state index in [-0.39, 0.29) is 30.3 Å². The van der Waals surface area contributed by atoms with E-state index in [1.807, 2.05) is 36.2 Å². The molecule has 0 aromatic heterocycles. The number of amides is 1. The highest BCUT2D eigenvalue weighted by molar-refractivity contribution is 9.10. The fourth-order valence-corrected chi connectivity index (χ4v) is 2.99. The summed E-state index contributed by atoms with van der Waals surface area (Å²) in [5.41, 5.74) is 7.00. The van der Waals surface area contributed by atoms with Gasteiger partial charge in [0.05, 0.1) is 0 Å². The normalized spacial score (nSPS) is 21.8. The second-order valence-electron chi connectivity index (χ2n) is 5.09. The van der Waals surface area contributed by atoms with Gasteiger partial charge in [0.15, 0.2) is 0 Å². The van der Waals surface area contributed by atoms with Gasteiger partial charge in [0.1, 0.15) is 0 Å². The molecule has 0 saturated heterocycles. The summed E-state index contributed by atoms with van der Waals surface area (Å²) in [6, 6.07) is 8.27. The van der Waals surface area contributed by atoms with Gasteiger partial charge in [0.2, 0.25) is 5.91 Å². The summed E-state index contributed by atoms with van der Waals surface area (Å²) in [6.07, 6.45) is 2.74. The molecule has 0 heterocycles. The Morgan fingerprint density at radius 1 is 1.47 bits per heavy atom. The molecule has 5 heteroatoms.